The van der Waals surface area contributed by atoms with E-state index in [9.17, 15) is 0 Å². The van der Waals surface area contributed by atoms with E-state index >= 15 is 0 Å². The second kappa shape index (κ2) is 13.3. The minimum Gasteiger partial charge on any atom is -0.394 e. The molecule has 0 heterocycles. The number of hydrogen-bond donors (Lipinski definition) is 3. The molecule has 78 valence electrons. The van der Waals surface area contributed by atoms with Crippen LogP contribution in [0.15, 0.2) is 0 Å². The summed E-state index contributed by atoms with van der Waals surface area (Å²) in [5.41, 5.74) is 0. The van der Waals surface area contributed by atoms with Gasteiger partial charge in [-0.05, 0) is 0 Å². The van der Waals surface area contributed by atoms with Crippen LogP contribution in [0.1, 0.15) is 0 Å². The number of aliphatic hydroxyl groups is 2. The van der Waals surface area contributed by atoms with Crippen molar-refractivity contribution in [2.75, 3.05) is 33.5 Å². The summed E-state index contributed by atoms with van der Waals surface area (Å²) in [5.74, 6) is 0. The van der Waals surface area contributed by atoms with E-state index in [-0.39, 0.29) is 37.3 Å². The first-order chi connectivity index (χ1) is 4.81. The quantitative estimate of drug-likeness (QED) is 0.466. The van der Waals surface area contributed by atoms with Crippen LogP contribution in [0.3, 0.4) is 0 Å². The summed E-state index contributed by atoms with van der Waals surface area (Å²) in [6.07, 6.45) is 0. The standard InChI is InChI=1S/C5H13NO4.FH.H3N/c1-6(9-4-2-7)10-5-3-8;;/h7-8H,2-5H2,1H3;1H;1H3. The molecular weight excluding hydrogens is 171 g/mol. The lowest BCUT2D eigenvalue weighted by molar-refractivity contribution is -0.356. The van der Waals surface area contributed by atoms with Gasteiger partial charge in [0.15, 0.2) is 0 Å². The Morgan fingerprint density at radius 3 is 1.67 bits per heavy atom. The first-order valence-corrected chi connectivity index (χ1v) is 3.02. The smallest absolute Gasteiger partial charge is 0.0942 e. The molecule has 0 atom stereocenters. The minimum absolute atomic E-state index is 0. The number of hydroxylamine groups is 2. The number of aliphatic hydroxyl groups excluding tert-OH is 2. The van der Waals surface area contributed by atoms with Gasteiger partial charge in [-0.15, -0.1) is 0 Å². The second-order valence-corrected chi connectivity index (χ2v) is 1.55. The monoisotopic (exact) mass is 188 g/mol. The highest BCUT2D eigenvalue weighted by Gasteiger charge is 1.95. The molecule has 0 aromatic rings. The van der Waals surface area contributed by atoms with Crippen molar-refractivity contribution < 1.29 is 24.6 Å². The summed E-state index contributed by atoms with van der Waals surface area (Å²) >= 11 is 0. The van der Waals surface area contributed by atoms with Gasteiger partial charge in [0, 0.05) is 7.05 Å². The van der Waals surface area contributed by atoms with E-state index in [1.165, 1.54) is 0 Å². The molecule has 0 aliphatic heterocycles. The van der Waals surface area contributed by atoms with E-state index in [0.29, 0.717) is 0 Å². The van der Waals surface area contributed by atoms with Gasteiger partial charge in [-0.25, -0.2) is 0 Å². The molecule has 0 unspecified atom stereocenters. The van der Waals surface area contributed by atoms with Crippen LogP contribution in [0.25, 0.3) is 0 Å². The number of halogens is 1. The third kappa shape index (κ3) is 12.4. The van der Waals surface area contributed by atoms with Gasteiger partial charge in [0.1, 0.15) is 0 Å². The molecule has 5 N–H and O–H groups in total. The molecule has 0 aliphatic rings. The normalized spacial score (nSPS) is 9.00. The lowest BCUT2D eigenvalue weighted by Crippen LogP contribution is -2.22. The van der Waals surface area contributed by atoms with Gasteiger partial charge in [0.05, 0.1) is 26.4 Å². The van der Waals surface area contributed by atoms with Crippen molar-refractivity contribution in [3.63, 3.8) is 0 Å². The predicted molar refractivity (Wildman–Crippen MR) is 41.4 cm³/mol. The Hall–Kier alpha value is -0.310. The first kappa shape index (κ1) is 17.7. The van der Waals surface area contributed by atoms with Crippen LogP contribution in [0.4, 0.5) is 4.70 Å². The summed E-state index contributed by atoms with van der Waals surface area (Å²) < 4.78 is 0. The van der Waals surface area contributed by atoms with Crippen molar-refractivity contribution in [1.29, 1.82) is 0 Å². The highest BCUT2D eigenvalue weighted by Crippen LogP contribution is 1.85. The van der Waals surface area contributed by atoms with E-state index in [0.717, 1.165) is 5.23 Å². The Labute approximate surface area is 70.5 Å². The van der Waals surface area contributed by atoms with Gasteiger partial charge in [-0.1, -0.05) is 5.23 Å². The summed E-state index contributed by atoms with van der Waals surface area (Å²) in [6.45, 7) is 0.295. The maximum atomic E-state index is 8.28. The van der Waals surface area contributed by atoms with Gasteiger partial charge < -0.3 is 16.4 Å². The lowest BCUT2D eigenvalue weighted by atomic mass is 10.8. The predicted octanol–water partition coefficient (Wildman–Crippen LogP) is -0.920. The Kier molecular flexibility index (Phi) is 19.6. The molecule has 0 amide bonds. The van der Waals surface area contributed by atoms with Gasteiger partial charge in [-0.2, -0.15) is 0 Å². The third-order valence-corrected chi connectivity index (χ3v) is 0.729. The topological polar surface area (TPSA) is 97.2 Å². The van der Waals surface area contributed by atoms with Crippen LogP contribution in [0, 0.1) is 0 Å². The zero-order chi connectivity index (χ0) is 7.82. The van der Waals surface area contributed by atoms with E-state index in [4.69, 9.17) is 19.9 Å². The summed E-state index contributed by atoms with van der Waals surface area (Å²) in [6, 6.07) is 0. The molecule has 0 saturated heterocycles. The van der Waals surface area contributed by atoms with Crippen molar-refractivity contribution >= 4 is 0 Å². The maximum Gasteiger partial charge on any atom is 0.0942 e. The zero-order valence-corrected chi connectivity index (χ0v) is 7.10. The zero-order valence-electron chi connectivity index (χ0n) is 7.10. The van der Waals surface area contributed by atoms with Crippen LogP contribution in [-0.2, 0) is 9.68 Å². The SMILES string of the molecule is CN(OCCO)OCCO.F.N. The average Bonchev–Trinajstić information content (AvgIpc) is 1.97. The molecular formula is C5H17FN2O4. The van der Waals surface area contributed by atoms with Crippen molar-refractivity contribution in [3.05, 3.63) is 0 Å². The third-order valence-electron chi connectivity index (χ3n) is 0.729. The first-order valence-electron chi connectivity index (χ1n) is 3.02. The number of rotatable bonds is 6. The fourth-order valence-electron chi connectivity index (χ4n) is 0.376. The molecule has 0 spiro atoms. The molecule has 0 aromatic heterocycles. The Balaban J connectivity index is -0.000000405. The molecule has 7 heteroatoms. The van der Waals surface area contributed by atoms with Crippen LogP contribution in [0.2, 0.25) is 0 Å². The van der Waals surface area contributed by atoms with Crippen molar-refractivity contribution in [3.8, 4) is 0 Å². The second-order valence-electron chi connectivity index (χ2n) is 1.55. The molecule has 0 aliphatic carbocycles. The van der Waals surface area contributed by atoms with Gasteiger partial charge >= 0.3 is 0 Å². The summed E-state index contributed by atoms with van der Waals surface area (Å²) in [4.78, 5) is 9.49. The van der Waals surface area contributed by atoms with Crippen LogP contribution in [-0.4, -0.2) is 48.9 Å². The molecule has 0 rings (SSSR count). The van der Waals surface area contributed by atoms with Crippen LogP contribution >= 0.6 is 0 Å². The lowest BCUT2D eigenvalue weighted by Gasteiger charge is -2.13. The maximum absolute atomic E-state index is 8.28. The van der Waals surface area contributed by atoms with E-state index in [2.05, 4.69) is 0 Å². The molecule has 0 radical (unpaired) electrons. The van der Waals surface area contributed by atoms with Crippen LogP contribution in [0.5, 0.6) is 0 Å². The number of nitrogens with zero attached hydrogens (tertiary/aromatic N) is 1. The molecule has 12 heavy (non-hydrogen) atoms. The van der Waals surface area contributed by atoms with Crippen molar-refractivity contribution in [2.45, 2.75) is 0 Å². The fourth-order valence-corrected chi connectivity index (χ4v) is 0.376. The Morgan fingerprint density at radius 2 is 1.42 bits per heavy atom. The average molecular weight is 188 g/mol. The van der Waals surface area contributed by atoms with Gasteiger partial charge in [-0.3, -0.25) is 14.4 Å². The molecule has 6 nitrogen and oxygen atoms in total. The Morgan fingerprint density at radius 1 is 1.08 bits per heavy atom. The molecule has 0 bridgehead atoms. The van der Waals surface area contributed by atoms with E-state index in [1.54, 1.807) is 7.05 Å². The van der Waals surface area contributed by atoms with E-state index < -0.39 is 0 Å². The largest absolute Gasteiger partial charge is 0.394 e. The Bertz CT molecular complexity index is 70.5. The van der Waals surface area contributed by atoms with Gasteiger partial charge in [0.2, 0.25) is 0 Å². The molecule has 0 fully saturated rings. The minimum atomic E-state index is -0.0488. The van der Waals surface area contributed by atoms with Crippen LogP contribution < -0.4 is 6.15 Å². The fraction of sp³-hybridized carbons (Fsp3) is 1.00. The summed E-state index contributed by atoms with van der Waals surface area (Å²) in [5, 5.41) is 17.7. The highest BCUT2D eigenvalue weighted by molar-refractivity contribution is 4.18. The molecule has 0 aromatic carbocycles. The van der Waals surface area contributed by atoms with Crippen molar-refractivity contribution in [1.82, 2.24) is 11.4 Å². The van der Waals surface area contributed by atoms with Crippen molar-refractivity contribution in [2.24, 2.45) is 0 Å². The molecule has 0 saturated carbocycles. The summed E-state index contributed by atoms with van der Waals surface area (Å²) in [7, 11) is 1.55. The van der Waals surface area contributed by atoms with E-state index in [1.807, 2.05) is 0 Å². The number of hydrogen-bond acceptors (Lipinski definition) is 6. The van der Waals surface area contributed by atoms with Gasteiger partial charge in [0.25, 0.3) is 0 Å². The highest BCUT2D eigenvalue weighted by atomic mass is 19.0.